The summed E-state index contributed by atoms with van der Waals surface area (Å²) in [5.41, 5.74) is 9.73. The predicted molar refractivity (Wildman–Crippen MR) is 106 cm³/mol. The molecule has 0 bridgehead atoms. The molecule has 0 saturated carbocycles. The Hall–Kier alpha value is -3.23. The molecule has 0 amide bonds. The Balaban J connectivity index is 2.05. The first kappa shape index (κ1) is 18.6. The van der Waals surface area contributed by atoms with Gasteiger partial charge < -0.3 is 5.73 Å². The van der Waals surface area contributed by atoms with Gasteiger partial charge in [0.2, 0.25) is 0 Å². The largest absolute Gasteiger partial charge is 0.384 e. The number of rotatable bonds is 3. The maximum Gasteiger partial charge on any atom is 0.164 e. The van der Waals surface area contributed by atoms with Crippen LogP contribution in [0.15, 0.2) is 42.9 Å². The number of anilines is 1. The number of nitrogen functional groups attached to an aromatic ring is 1. The van der Waals surface area contributed by atoms with Crippen molar-refractivity contribution in [1.82, 2.24) is 15.0 Å². The molecule has 0 unspecified atom stereocenters. The second kappa shape index (κ2) is 7.98. The van der Waals surface area contributed by atoms with Crippen LogP contribution in [0.2, 0.25) is 5.02 Å². The average molecular weight is 377 g/mol. The van der Waals surface area contributed by atoms with Gasteiger partial charge in [-0.05, 0) is 31.2 Å². The molecule has 5 nitrogen and oxygen atoms in total. The van der Waals surface area contributed by atoms with Crippen LogP contribution in [0.1, 0.15) is 40.5 Å². The fraction of sp³-hybridized carbons (Fsp3) is 0.143. The average Bonchev–Trinajstić information content (AvgIpc) is 2.67. The number of Topliss-reactive ketones (excluding diaryl/α,β-unsaturated/α-hetero) is 1. The van der Waals surface area contributed by atoms with Crippen molar-refractivity contribution in [2.75, 3.05) is 5.73 Å². The molecule has 3 rings (SSSR count). The van der Waals surface area contributed by atoms with E-state index >= 15 is 0 Å². The normalized spacial score (nSPS) is 10.2. The summed E-state index contributed by atoms with van der Waals surface area (Å²) in [6.45, 7) is 3.67. The van der Waals surface area contributed by atoms with Crippen LogP contribution >= 0.6 is 11.6 Å². The van der Waals surface area contributed by atoms with Crippen molar-refractivity contribution in [2.45, 2.75) is 20.3 Å². The zero-order chi connectivity index (χ0) is 19.4. The van der Waals surface area contributed by atoms with Gasteiger partial charge in [0.1, 0.15) is 12.1 Å². The Morgan fingerprint density at radius 3 is 2.63 bits per heavy atom. The molecule has 2 N–H and O–H groups in total. The highest BCUT2D eigenvalue weighted by atomic mass is 35.5. The molecule has 27 heavy (non-hydrogen) atoms. The third-order valence-electron chi connectivity index (χ3n) is 4.02. The quantitative estimate of drug-likeness (QED) is 0.550. The Kier molecular flexibility index (Phi) is 5.49. The van der Waals surface area contributed by atoms with Crippen LogP contribution in [0.5, 0.6) is 0 Å². The molecule has 0 atom stereocenters. The zero-order valence-corrected chi connectivity index (χ0v) is 15.7. The first-order valence-corrected chi connectivity index (χ1v) is 8.75. The van der Waals surface area contributed by atoms with E-state index in [9.17, 15) is 4.79 Å². The van der Waals surface area contributed by atoms with Crippen LogP contribution in [-0.4, -0.2) is 20.7 Å². The van der Waals surface area contributed by atoms with E-state index in [0.29, 0.717) is 34.1 Å². The summed E-state index contributed by atoms with van der Waals surface area (Å²) < 4.78 is 0. The molecule has 0 aliphatic carbocycles. The van der Waals surface area contributed by atoms with Gasteiger partial charge in [0, 0.05) is 29.3 Å². The molecule has 1 aromatic carbocycles. The highest BCUT2D eigenvalue weighted by Gasteiger charge is 2.13. The Morgan fingerprint density at radius 1 is 1.15 bits per heavy atom. The third-order valence-corrected chi connectivity index (χ3v) is 4.33. The fourth-order valence-electron chi connectivity index (χ4n) is 2.54. The lowest BCUT2D eigenvalue weighted by atomic mass is 10.0. The molecule has 0 aliphatic rings. The smallest absolute Gasteiger partial charge is 0.164 e. The van der Waals surface area contributed by atoms with Gasteiger partial charge in [0.25, 0.3) is 0 Å². The number of nitrogens with zero attached hydrogens (tertiary/aromatic N) is 3. The number of aryl methyl sites for hydroxylation is 1. The van der Waals surface area contributed by atoms with Crippen LogP contribution in [0, 0.1) is 18.8 Å². The van der Waals surface area contributed by atoms with Crippen LogP contribution in [-0.2, 0) is 0 Å². The molecule has 2 aromatic heterocycles. The van der Waals surface area contributed by atoms with Crippen molar-refractivity contribution in [2.24, 2.45) is 0 Å². The molecule has 0 aliphatic heterocycles. The van der Waals surface area contributed by atoms with Gasteiger partial charge in [-0.1, -0.05) is 36.4 Å². The van der Waals surface area contributed by atoms with Crippen molar-refractivity contribution in [1.29, 1.82) is 0 Å². The van der Waals surface area contributed by atoms with E-state index in [4.69, 9.17) is 17.3 Å². The van der Waals surface area contributed by atoms with E-state index in [1.807, 2.05) is 13.0 Å². The van der Waals surface area contributed by atoms with Gasteiger partial charge in [0.05, 0.1) is 22.0 Å². The maximum atomic E-state index is 11.9. The lowest BCUT2D eigenvalue weighted by Crippen LogP contribution is -2.00. The summed E-state index contributed by atoms with van der Waals surface area (Å²) in [4.78, 5) is 24.6. The van der Waals surface area contributed by atoms with E-state index < -0.39 is 0 Å². The highest BCUT2D eigenvalue weighted by Crippen LogP contribution is 2.28. The molecule has 6 heteroatoms. The second-order valence-corrected chi connectivity index (χ2v) is 6.28. The molecule has 0 fully saturated rings. The highest BCUT2D eigenvalue weighted by molar-refractivity contribution is 6.34. The van der Waals surface area contributed by atoms with Gasteiger partial charge in [-0.3, -0.25) is 4.79 Å². The first-order chi connectivity index (χ1) is 13.0. The number of pyridine rings is 1. The zero-order valence-electron chi connectivity index (χ0n) is 15.0. The molecule has 0 radical (unpaired) electrons. The van der Waals surface area contributed by atoms with E-state index in [0.717, 1.165) is 16.8 Å². The molecule has 3 aromatic rings. The van der Waals surface area contributed by atoms with Crippen molar-refractivity contribution in [3.05, 3.63) is 70.3 Å². The van der Waals surface area contributed by atoms with E-state index in [1.54, 1.807) is 37.4 Å². The number of benzene rings is 1. The maximum absolute atomic E-state index is 11.9. The molecular formula is C21H17ClN4O. The Morgan fingerprint density at radius 2 is 1.96 bits per heavy atom. The van der Waals surface area contributed by atoms with Crippen molar-refractivity contribution < 1.29 is 4.79 Å². The first-order valence-electron chi connectivity index (χ1n) is 8.38. The molecule has 0 spiro atoms. The van der Waals surface area contributed by atoms with Crippen LogP contribution in [0.4, 0.5) is 5.82 Å². The molecule has 0 saturated heterocycles. The van der Waals surface area contributed by atoms with Crippen LogP contribution < -0.4 is 5.73 Å². The minimum atomic E-state index is 0.00119. The van der Waals surface area contributed by atoms with Crippen molar-refractivity contribution in [3.63, 3.8) is 0 Å². The topological polar surface area (TPSA) is 81.8 Å². The lowest BCUT2D eigenvalue weighted by Gasteiger charge is -2.08. The standard InChI is InChI=1S/C21H17ClN4O/c1-3-19(27)17-8-6-15(10-18(17)22)21-16(13(2)25-12-26-21)7-4-14-5-9-20(23)24-11-14/h5-6,8-12H,3H2,1-2H3,(H2,23,24). The van der Waals surface area contributed by atoms with E-state index in [-0.39, 0.29) is 5.78 Å². The molecule has 134 valence electrons. The molecular weight excluding hydrogens is 360 g/mol. The third kappa shape index (κ3) is 4.13. The number of halogens is 1. The summed E-state index contributed by atoms with van der Waals surface area (Å²) in [6.07, 6.45) is 3.50. The van der Waals surface area contributed by atoms with Crippen molar-refractivity contribution >= 4 is 23.2 Å². The summed E-state index contributed by atoms with van der Waals surface area (Å²) in [5.74, 6) is 6.62. The van der Waals surface area contributed by atoms with Gasteiger partial charge in [-0.2, -0.15) is 0 Å². The minimum absolute atomic E-state index is 0.00119. The number of hydrogen-bond donors (Lipinski definition) is 1. The fourth-order valence-corrected chi connectivity index (χ4v) is 2.82. The van der Waals surface area contributed by atoms with E-state index in [1.165, 1.54) is 6.33 Å². The number of ketones is 1. The Labute approximate surface area is 162 Å². The predicted octanol–water partition coefficient (Wildman–Crippen LogP) is 4.08. The summed E-state index contributed by atoms with van der Waals surface area (Å²) in [6, 6.07) is 8.79. The number of carbonyl (C=O) groups is 1. The van der Waals surface area contributed by atoms with Crippen LogP contribution in [0.3, 0.4) is 0 Å². The number of aromatic nitrogens is 3. The van der Waals surface area contributed by atoms with E-state index in [2.05, 4.69) is 26.8 Å². The number of hydrogen-bond acceptors (Lipinski definition) is 5. The second-order valence-electron chi connectivity index (χ2n) is 5.88. The van der Waals surface area contributed by atoms with Gasteiger partial charge in [-0.25, -0.2) is 15.0 Å². The number of nitrogens with two attached hydrogens (primary N) is 1. The minimum Gasteiger partial charge on any atom is -0.384 e. The Bertz CT molecular complexity index is 1070. The van der Waals surface area contributed by atoms with Gasteiger partial charge in [0.15, 0.2) is 5.78 Å². The molecule has 2 heterocycles. The van der Waals surface area contributed by atoms with Gasteiger partial charge in [-0.15, -0.1) is 0 Å². The number of carbonyl (C=O) groups excluding carboxylic acids is 1. The summed E-state index contributed by atoms with van der Waals surface area (Å²) in [7, 11) is 0. The monoisotopic (exact) mass is 376 g/mol. The summed E-state index contributed by atoms with van der Waals surface area (Å²) >= 11 is 6.31. The lowest BCUT2D eigenvalue weighted by molar-refractivity contribution is 0.0988. The summed E-state index contributed by atoms with van der Waals surface area (Å²) in [5, 5.41) is 0.400. The SMILES string of the molecule is CCC(=O)c1ccc(-c2ncnc(C)c2C#Cc2ccc(N)nc2)cc1Cl. The van der Waals surface area contributed by atoms with Gasteiger partial charge >= 0.3 is 0 Å². The van der Waals surface area contributed by atoms with Crippen LogP contribution in [0.25, 0.3) is 11.3 Å². The van der Waals surface area contributed by atoms with Crippen molar-refractivity contribution in [3.8, 4) is 23.1 Å².